The third-order valence-corrected chi connectivity index (χ3v) is 2.93. The van der Waals surface area contributed by atoms with E-state index in [9.17, 15) is 4.79 Å². The van der Waals surface area contributed by atoms with Gasteiger partial charge in [0.1, 0.15) is 5.60 Å². The van der Waals surface area contributed by atoms with Crippen LogP contribution >= 0.6 is 11.3 Å². The maximum absolute atomic E-state index is 11.8. The normalized spacial score (nSPS) is 12.6. The molecule has 1 atom stereocenters. The van der Waals surface area contributed by atoms with Crippen molar-refractivity contribution >= 4 is 17.4 Å². The van der Waals surface area contributed by atoms with Crippen LogP contribution in [0.5, 0.6) is 0 Å². The minimum Gasteiger partial charge on any atom is -0.444 e. The van der Waals surface area contributed by atoms with E-state index in [1.807, 2.05) is 17.5 Å². The summed E-state index contributed by atoms with van der Waals surface area (Å²) in [6.07, 6.45) is -0.488. The van der Waals surface area contributed by atoms with E-state index in [-0.39, 0.29) is 0 Å². The van der Waals surface area contributed by atoms with Gasteiger partial charge in [0.15, 0.2) is 6.04 Å². The lowest BCUT2D eigenvalue weighted by atomic mass is 10.2. The largest absolute Gasteiger partial charge is 0.444 e. The molecule has 0 radical (unpaired) electrons. The number of carbonyl (C=O) groups is 1. The van der Waals surface area contributed by atoms with Crippen LogP contribution < -0.4 is 0 Å². The molecule has 4 nitrogen and oxygen atoms in total. The molecule has 0 bridgehead atoms. The molecule has 17 heavy (non-hydrogen) atoms. The Morgan fingerprint density at radius 1 is 1.59 bits per heavy atom. The highest BCUT2D eigenvalue weighted by Gasteiger charge is 2.26. The van der Waals surface area contributed by atoms with Gasteiger partial charge < -0.3 is 4.74 Å². The van der Waals surface area contributed by atoms with Crippen LogP contribution in [0.2, 0.25) is 0 Å². The SMILES string of the molecule is CN(C(=O)OC(C)(C)C)C(C#N)c1cccs1. The average molecular weight is 252 g/mol. The Bertz CT molecular complexity index is 415. The molecule has 0 saturated carbocycles. The lowest BCUT2D eigenvalue weighted by Gasteiger charge is -2.26. The Morgan fingerprint density at radius 2 is 2.24 bits per heavy atom. The zero-order valence-electron chi connectivity index (χ0n) is 10.4. The molecule has 0 N–H and O–H groups in total. The van der Waals surface area contributed by atoms with Crippen molar-refractivity contribution in [1.82, 2.24) is 4.90 Å². The van der Waals surface area contributed by atoms with E-state index in [1.54, 1.807) is 27.8 Å². The Morgan fingerprint density at radius 3 is 2.65 bits per heavy atom. The summed E-state index contributed by atoms with van der Waals surface area (Å²) < 4.78 is 5.22. The Hall–Kier alpha value is -1.54. The third-order valence-electron chi connectivity index (χ3n) is 2.00. The molecule has 1 rings (SSSR count). The summed E-state index contributed by atoms with van der Waals surface area (Å²) in [5.74, 6) is 0. The van der Waals surface area contributed by atoms with Gasteiger partial charge in [-0.1, -0.05) is 6.07 Å². The maximum atomic E-state index is 11.8. The summed E-state index contributed by atoms with van der Waals surface area (Å²) in [7, 11) is 1.57. The molecule has 0 saturated heterocycles. The number of rotatable bonds is 2. The summed E-state index contributed by atoms with van der Waals surface area (Å²) in [6.45, 7) is 5.39. The van der Waals surface area contributed by atoms with Gasteiger partial charge in [-0.05, 0) is 32.2 Å². The van der Waals surface area contributed by atoms with E-state index in [0.29, 0.717) is 0 Å². The van der Waals surface area contributed by atoms with E-state index >= 15 is 0 Å². The summed E-state index contributed by atoms with van der Waals surface area (Å²) in [5.41, 5.74) is -0.555. The van der Waals surface area contributed by atoms with Crippen LogP contribution in [0.3, 0.4) is 0 Å². The molecule has 1 unspecified atom stereocenters. The molecule has 0 spiro atoms. The highest BCUT2D eigenvalue weighted by molar-refractivity contribution is 7.10. The minimum absolute atomic E-state index is 0.488. The predicted octanol–water partition coefficient (Wildman–Crippen LogP) is 3.18. The molecule has 1 heterocycles. The fourth-order valence-electron chi connectivity index (χ4n) is 1.23. The first-order chi connectivity index (χ1) is 7.85. The van der Waals surface area contributed by atoms with Crippen LogP contribution in [0.4, 0.5) is 4.79 Å². The van der Waals surface area contributed by atoms with Gasteiger partial charge in [-0.15, -0.1) is 11.3 Å². The van der Waals surface area contributed by atoms with Crippen molar-refractivity contribution in [3.8, 4) is 6.07 Å². The molecule has 0 aliphatic carbocycles. The molecular weight excluding hydrogens is 236 g/mol. The van der Waals surface area contributed by atoms with E-state index in [1.165, 1.54) is 16.2 Å². The van der Waals surface area contributed by atoms with Gasteiger partial charge in [-0.3, -0.25) is 4.90 Å². The molecule has 1 aromatic rings. The molecule has 0 aromatic carbocycles. The number of hydrogen-bond acceptors (Lipinski definition) is 4. The summed E-state index contributed by atoms with van der Waals surface area (Å²) >= 11 is 1.45. The second-order valence-corrected chi connectivity index (χ2v) is 5.62. The zero-order valence-corrected chi connectivity index (χ0v) is 11.2. The number of ether oxygens (including phenoxy) is 1. The first kappa shape index (κ1) is 13.5. The van der Waals surface area contributed by atoms with Crippen LogP contribution in [-0.4, -0.2) is 23.6 Å². The topological polar surface area (TPSA) is 53.3 Å². The molecule has 0 fully saturated rings. The van der Waals surface area contributed by atoms with Crippen molar-refractivity contribution in [2.45, 2.75) is 32.4 Å². The van der Waals surface area contributed by atoms with Crippen LogP contribution in [0, 0.1) is 11.3 Å². The monoisotopic (exact) mass is 252 g/mol. The lowest BCUT2D eigenvalue weighted by molar-refractivity contribution is 0.0260. The van der Waals surface area contributed by atoms with Crippen molar-refractivity contribution in [3.63, 3.8) is 0 Å². The number of thiophene rings is 1. The van der Waals surface area contributed by atoms with Gasteiger partial charge in [-0.25, -0.2) is 4.79 Å². The second kappa shape index (κ2) is 5.19. The molecule has 1 amide bonds. The number of nitrogens with zero attached hydrogens (tertiary/aromatic N) is 2. The van der Waals surface area contributed by atoms with Crippen molar-refractivity contribution in [1.29, 1.82) is 5.26 Å². The van der Waals surface area contributed by atoms with Crippen molar-refractivity contribution in [3.05, 3.63) is 22.4 Å². The quantitative estimate of drug-likeness (QED) is 0.812. The number of carbonyl (C=O) groups excluding carboxylic acids is 1. The molecule has 0 aliphatic rings. The van der Waals surface area contributed by atoms with Crippen LogP contribution in [0.25, 0.3) is 0 Å². The number of amides is 1. The van der Waals surface area contributed by atoms with Crippen LogP contribution in [-0.2, 0) is 4.74 Å². The van der Waals surface area contributed by atoms with Gasteiger partial charge >= 0.3 is 6.09 Å². The van der Waals surface area contributed by atoms with E-state index in [2.05, 4.69) is 6.07 Å². The van der Waals surface area contributed by atoms with Crippen molar-refractivity contribution in [2.75, 3.05) is 7.05 Å². The standard InChI is InChI=1S/C12H16N2O2S/c1-12(2,3)16-11(15)14(4)9(8-13)10-6-5-7-17-10/h5-7,9H,1-4H3. The smallest absolute Gasteiger partial charge is 0.411 e. The van der Waals surface area contributed by atoms with Gasteiger partial charge in [0.05, 0.1) is 6.07 Å². The third kappa shape index (κ3) is 3.75. The Labute approximate surface area is 105 Å². The molecule has 1 aromatic heterocycles. The number of nitriles is 1. The molecule has 5 heteroatoms. The van der Waals surface area contributed by atoms with Gasteiger partial charge in [0.25, 0.3) is 0 Å². The number of hydrogen-bond donors (Lipinski definition) is 0. The molecular formula is C12H16N2O2S. The van der Waals surface area contributed by atoms with Crippen molar-refractivity contribution < 1.29 is 9.53 Å². The fraction of sp³-hybridized carbons (Fsp3) is 0.500. The highest BCUT2D eigenvalue weighted by Crippen LogP contribution is 2.24. The van der Waals surface area contributed by atoms with E-state index < -0.39 is 17.7 Å². The summed E-state index contributed by atoms with van der Waals surface area (Å²) in [4.78, 5) is 14.0. The maximum Gasteiger partial charge on any atom is 0.411 e. The van der Waals surface area contributed by atoms with Crippen LogP contribution in [0.15, 0.2) is 17.5 Å². The minimum atomic E-state index is -0.593. The Balaban J connectivity index is 2.78. The highest BCUT2D eigenvalue weighted by atomic mass is 32.1. The molecule has 92 valence electrons. The lowest BCUT2D eigenvalue weighted by Crippen LogP contribution is -2.36. The van der Waals surface area contributed by atoms with E-state index in [0.717, 1.165) is 4.88 Å². The van der Waals surface area contributed by atoms with Gasteiger partial charge in [0, 0.05) is 11.9 Å². The van der Waals surface area contributed by atoms with Crippen LogP contribution in [0.1, 0.15) is 31.7 Å². The second-order valence-electron chi connectivity index (χ2n) is 4.64. The summed E-state index contributed by atoms with van der Waals surface area (Å²) in [6, 6.07) is 5.20. The van der Waals surface area contributed by atoms with Crippen molar-refractivity contribution in [2.24, 2.45) is 0 Å². The first-order valence-corrected chi connectivity index (χ1v) is 6.12. The van der Waals surface area contributed by atoms with E-state index in [4.69, 9.17) is 10.00 Å². The van der Waals surface area contributed by atoms with Gasteiger partial charge in [0.2, 0.25) is 0 Å². The molecule has 0 aliphatic heterocycles. The summed E-state index contributed by atoms with van der Waals surface area (Å²) in [5, 5.41) is 11.0. The average Bonchev–Trinajstić information content (AvgIpc) is 2.69. The zero-order chi connectivity index (χ0) is 13.1. The predicted molar refractivity (Wildman–Crippen MR) is 66.7 cm³/mol. The first-order valence-electron chi connectivity index (χ1n) is 5.24. The van der Waals surface area contributed by atoms with Gasteiger partial charge in [-0.2, -0.15) is 5.26 Å². The fourth-order valence-corrected chi connectivity index (χ4v) is 2.04. The Kier molecular flexibility index (Phi) is 4.13.